The molecule has 0 radical (unpaired) electrons. The molecular formula is C18H16N4O3S. The summed E-state index contributed by atoms with van der Waals surface area (Å²) in [4.78, 5) is 35.3. The van der Waals surface area contributed by atoms with Crippen molar-refractivity contribution in [2.45, 2.75) is 17.0 Å². The van der Waals surface area contributed by atoms with Crippen molar-refractivity contribution in [2.75, 3.05) is 7.11 Å². The first-order chi connectivity index (χ1) is 12.5. The maximum Gasteiger partial charge on any atom is 0.252 e. The summed E-state index contributed by atoms with van der Waals surface area (Å²) >= 11 is 1.16. The molecule has 0 saturated carbocycles. The van der Waals surface area contributed by atoms with E-state index in [4.69, 9.17) is 4.74 Å². The maximum atomic E-state index is 11.8. The molecule has 0 aromatic carbocycles. The number of nitrogens with zero attached hydrogens (tertiary/aromatic N) is 3. The Bertz CT molecular complexity index is 1030. The molecule has 0 fully saturated rings. The molecule has 132 valence electrons. The lowest BCUT2D eigenvalue weighted by molar-refractivity contribution is 0.101. The summed E-state index contributed by atoms with van der Waals surface area (Å²) in [5.74, 6) is 0.767. The Balaban J connectivity index is 2.07. The topological polar surface area (TPSA) is 89.9 Å². The van der Waals surface area contributed by atoms with Crippen LogP contribution in [0.25, 0.3) is 11.9 Å². The number of H-pyrrole nitrogens is 1. The maximum absolute atomic E-state index is 11.8. The van der Waals surface area contributed by atoms with Crippen LogP contribution in [0, 0.1) is 0 Å². The fraction of sp³-hybridized carbons (Fsp3) is 0.111. The highest BCUT2D eigenvalue weighted by Gasteiger charge is 2.15. The first-order valence-electron chi connectivity index (χ1n) is 7.66. The average molecular weight is 368 g/mol. The normalized spacial score (nSPS) is 10.5. The number of carbonyl (C=O) groups is 1. The van der Waals surface area contributed by atoms with Gasteiger partial charge in [-0.3, -0.25) is 9.59 Å². The molecule has 1 N–H and O–H groups in total. The molecule has 0 amide bonds. The fourth-order valence-electron chi connectivity index (χ4n) is 2.30. The van der Waals surface area contributed by atoms with Crippen LogP contribution in [0.4, 0.5) is 0 Å². The van der Waals surface area contributed by atoms with Gasteiger partial charge in [-0.2, -0.15) is 4.98 Å². The van der Waals surface area contributed by atoms with Gasteiger partial charge in [-0.15, -0.1) is 0 Å². The molecule has 8 heteroatoms. The van der Waals surface area contributed by atoms with Crippen molar-refractivity contribution in [3.8, 4) is 11.7 Å². The third-order valence-electron chi connectivity index (χ3n) is 3.51. The number of aromatic nitrogens is 4. The summed E-state index contributed by atoms with van der Waals surface area (Å²) in [6.45, 7) is 5.20. The van der Waals surface area contributed by atoms with E-state index >= 15 is 0 Å². The zero-order valence-electron chi connectivity index (χ0n) is 14.2. The molecule has 26 heavy (non-hydrogen) atoms. The van der Waals surface area contributed by atoms with Crippen LogP contribution >= 0.6 is 11.8 Å². The minimum absolute atomic E-state index is 0.107. The molecule has 3 rings (SSSR count). The van der Waals surface area contributed by atoms with Gasteiger partial charge in [0.2, 0.25) is 5.88 Å². The second-order valence-electron chi connectivity index (χ2n) is 5.30. The number of aromatic amines is 1. The molecule has 0 aliphatic carbocycles. The Hall–Kier alpha value is -3.13. The van der Waals surface area contributed by atoms with Crippen molar-refractivity contribution >= 4 is 23.6 Å². The molecule has 0 bridgehead atoms. The lowest BCUT2D eigenvalue weighted by Gasteiger charge is -2.13. The predicted octanol–water partition coefficient (Wildman–Crippen LogP) is 2.96. The van der Waals surface area contributed by atoms with Crippen LogP contribution in [0.2, 0.25) is 0 Å². The summed E-state index contributed by atoms with van der Waals surface area (Å²) in [6.07, 6.45) is 5.43. The minimum Gasteiger partial charge on any atom is -0.480 e. The van der Waals surface area contributed by atoms with Crippen LogP contribution in [0.1, 0.15) is 23.0 Å². The quantitative estimate of drug-likeness (QED) is 0.531. The number of pyridine rings is 1. The van der Waals surface area contributed by atoms with Gasteiger partial charge in [0.05, 0.1) is 12.0 Å². The Morgan fingerprint density at radius 3 is 2.65 bits per heavy atom. The van der Waals surface area contributed by atoms with Crippen LogP contribution in [-0.4, -0.2) is 32.4 Å². The van der Waals surface area contributed by atoms with Crippen molar-refractivity contribution in [2.24, 2.45) is 0 Å². The Kier molecular flexibility index (Phi) is 5.04. The second kappa shape index (κ2) is 7.40. The highest BCUT2D eigenvalue weighted by molar-refractivity contribution is 7.99. The number of Topliss-reactive ketones (excluding diaryl/α,β-unsaturated/α-hetero) is 1. The fourth-order valence-corrected chi connectivity index (χ4v) is 3.21. The molecule has 0 spiro atoms. The largest absolute Gasteiger partial charge is 0.480 e. The van der Waals surface area contributed by atoms with E-state index in [1.165, 1.54) is 20.1 Å². The smallest absolute Gasteiger partial charge is 0.252 e. The van der Waals surface area contributed by atoms with E-state index in [1.807, 2.05) is 35.2 Å². The van der Waals surface area contributed by atoms with Crippen LogP contribution in [0.15, 0.2) is 58.1 Å². The van der Waals surface area contributed by atoms with Crippen molar-refractivity contribution < 1.29 is 9.53 Å². The number of methoxy groups -OCH3 is 1. The van der Waals surface area contributed by atoms with E-state index in [2.05, 4.69) is 21.5 Å². The van der Waals surface area contributed by atoms with Gasteiger partial charge in [0.15, 0.2) is 10.9 Å². The van der Waals surface area contributed by atoms with Crippen molar-refractivity contribution in [3.05, 3.63) is 64.8 Å². The Labute approximate surface area is 153 Å². The monoisotopic (exact) mass is 368 g/mol. The van der Waals surface area contributed by atoms with E-state index in [0.717, 1.165) is 17.3 Å². The lowest BCUT2D eigenvalue weighted by Crippen LogP contribution is -2.12. The van der Waals surface area contributed by atoms with Crippen molar-refractivity contribution in [1.82, 2.24) is 19.5 Å². The summed E-state index contributed by atoms with van der Waals surface area (Å²) in [6, 6.07) is 6.81. The molecule has 7 nitrogen and oxygen atoms in total. The van der Waals surface area contributed by atoms with Crippen molar-refractivity contribution in [3.63, 3.8) is 0 Å². The SMILES string of the molecule is C=Cc1cc(Sc2nc(C(C)=O)cc(=O)[nH]2)c(OC)nc1-n1cccc1. The molecule has 0 unspecified atom stereocenters. The van der Waals surface area contributed by atoms with Gasteiger partial charge in [0.1, 0.15) is 11.5 Å². The van der Waals surface area contributed by atoms with E-state index in [-0.39, 0.29) is 16.6 Å². The van der Waals surface area contributed by atoms with Crippen LogP contribution in [-0.2, 0) is 0 Å². The zero-order chi connectivity index (χ0) is 18.7. The summed E-state index contributed by atoms with van der Waals surface area (Å²) < 4.78 is 7.25. The average Bonchev–Trinajstić information content (AvgIpc) is 3.15. The van der Waals surface area contributed by atoms with Gasteiger partial charge in [-0.05, 0) is 30.0 Å². The molecule has 3 aromatic rings. The highest BCUT2D eigenvalue weighted by Crippen LogP contribution is 2.34. The van der Waals surface area contributed by atoms with Gasteiger partial charge in [-0.1, -0.05) is 12.7 Å². The molecule has 0 saturated heterocycles. The number of hydrogen-bond donors (Lipinski definition) is 1. The molecule has 3 aromatic heterocycles. The standard InChI is InChI=1S/C18H16N4O3S/c1-4-12-9-14(17(25-3)21-16(12)22-7-5-6-8-22)26-18-19-13(11(2)23)10-15(24)20-18/h4-10H,1H2,2-3H3,(H,19,20,24). The predicted molar refractivity (Wildman–Crippen MR) is 99.2 cm³/mol. The first kappa shape index (κ1) is 17.7. The van der Waals surface area contributed by atoms with Gasteiger partial charge < -0.3 is 14.3 Å². The number of carbonyl (C=O) groups excluding carboxylic acids is 1. The lowest BCUT2D eigenvalue weighted by atomic mass is 10.2. The summed E-state index contributed by atoms with van der Waals surface area (Å²) in [7, 11) is 1.52. The summed E-state index contributed by atoms with van der Waals surface area (Å²) in [5.41, 5.74) is 0.498. The van der Waals surface area contributed by atoms with Crippen LogP contribution < -0.4 is 10.3 Å². The minimum atomic E-state index is -0.396. The number of ketones is 1. The Morgan fingerprint density at radius 2 is 2.04 bits per heavy atom. The summed E-state index contributed by atoms with van der Waals surface area (Å²) in [5, 5.41) is 0.284. The number of hydrogen-bond acceptors (Lipinski definition) is 6. The van der Waals surface area contributed by atoms with E-state index < -0.39 is 5.56 Å². The molecule has 0 atom stereocenters. The van der Waals surface area contributed by atoms with Gasteiger partial charge in [-0.25, -0.2) is 4.98 Å². The van der Waals surface area contributed by atoms with Crippen LogP contribution in [0.5, 0.6) is 5.88 Å². The molecule has 3 heterocycles. The van der Waals surface area contributed by atoms with Crippen LogP contribution in [0.3, 0.4) is 0 Å². The van der Waals surface area contributed by atoms with Crippen molar-refractivity contribution in [1.29, 1.82) is 0 Å². The van der Waals surface area contributed by atoms with Gasteiger partial charge >= 0.3 is 0 Å². The third kappa shape index (κ3) is 3.60. The number of rotatable bonds is 6. The number of ether oxygens (including phenoxy) is 1. The van der Waals surface area contributed by atoms with Gasteiger partial charge in [0, 0.05) is 30.9 Å². The molecular weight excluding hydrogens is 352 g/mol. The van der Waals surface area contributed by atoms with Gasteiger partial charge in [0.25, 0.3) is 5.56 Å². The number of nitrogens with one attached hydrogen (secondary N) is 1. The highest BCUT2D eigenvalue weighted by atomic mass is 32.2. The second-order valence-corrected chi connectivity index (χ2v) is 6.33. The first-order valence-corrected chi connectivity index (χ1v) is 8.48. The Morgan fingerprint density at radius 1 is 1.31 bits per heavy atom. The van der Waals surface area contributed by atoms with E-state index in [9.17, 15) is 9.59 Å². The van der Waals surface area contributed by atoms with E-state index in [0.29, 0.717) is 16.6 Å². The van der Waals surface area contributed by atoms with E-state index in [1.54, 1.807) is 6.08 Å². The zero-order valence-corrected chi connectivity index (χ0v) is 15.0. The third-order valence-corrected chi connectivity index (χ3v) is 4.41. The molecule has 0 aliphatic rings. The molecule has 0 aliphatic heterocycles.